The molecule has 0 radical (unpaired) electrons. The molecule has 1 aromatic heterocycles. The lowest BCUT2D eigenvalue weighted by atomic mass is 9.96. The van der Waals surface area contributed by atoms with Gasteiger partial charge in [-0.1, -0.05) is 33.9 Å². The zero-order valence-electron chi connectivity index (χ0n) is 11.4. The van der Waals surface area contributed by atoms with Gasteiger partial charge in [-0.25, -0.2) is 4.98 Å². The summed E-state index contributed by atoms with van der Waals surface area (Å²) in [6.07, 6.45) is 0. The molecular formula is C12H22N2OSi. The highest BCUT2D eigenvalue weighted by molar-refractivity contribution is 6.71. The highest BCUT2D eigenvalue weighted by Gasteiger charge is 2.26. The Bertz CT molecular complexity index is 413. The average Bonchev–Trinajstić information content (AvgIpc) is 2.41. The summed E-state index contributed by atoms with van der Waals surface area (Å²) in [5, 5.41) is 1.06. The van der Waals surface area contributed by atoms with E-state index in [1.54, 1.807) is 6.92 Å². The molecule has 0 saturated heterocycles. The Balaban J connectivity index is 3.48. The molecule has 0 spiro atoms. The van der Waals surface area contributed by atoms with Gasteiger partial charge in [-0.15, -0.1) is 0 Å². The maximum atomic E-state index is 11.7. The molecule has 0 aliphatic carbocycles. The number of nitrogens with zero attached hydrogens (tertiary/aromatic N) is 2. The van der Waals surface area contributed by atoms with Crippen molar-refractivity contribution >= 4 is 19.9 Å². The van der Waals surface area contributed by atoms with Crippen molar-refractivity contribution in [3.05, 3.63) is 11.5 Å². The van der Waals surface area contributed by atoms with E-state index in [4.69, 9.17) is 4.98 Å². The normalized spacial score (nSPS) is 12.2. The van der Waals surface area contributed by atoms with Gasteiger partial charge in [0.2, 0.25) is 0 Å². The minimum Gasteiger partial charge on any atom is -0.328 e. The zero-order chi connectivity index (χ0) is 12.7. The summed E-state index contributed by atoms with van der Waals surface area (Å²) in [5.41, 5.74) is 0.798. The van der Waals surface area contributed by atoms with Gasteiger partial charge in [0.15, 0.2) is 5.78 Å². The highest BCUT2D eigenvalue weighted by Crippen LogP contribution is 2.20. The molecule has 0 fully saturated rings. The maximum absolute atomic E-state index is 11.7. The monoisotopic (exact) mass is 238 g/mol. The van der Waals surface area contributed by atoms with Crippen LogP contribution in [0, 0.1) is 0 Å². The smallest absolute Gasteiger partial charge is 0.177 e. The van der Waals surface area contributed by atoms with Gasteiger partial charge in [-0.05, 0) is 0 Å². The molecule has 0 amide bonds. The minimum absolute atomic E-state index is 0.0134. The zero-order valence-corrected chi connectivity index (χ0v) is 12.5. The lowest BCUT2D eigenvalue weighted by Gasteiger charge is -2.18. The predicted octanol–water partition coefficient (Wildman–Crippen LogP) is 1.61. The summed E-state index contributed by atoms with van der Waals surface area (Å²) in [6.45, 7) is 12.4. The predicted molar refractivity (Wildman–Crippen MR) is 70.4 cm³/mol. The fourth-order valence-electron chi connectivity index (χ4n) is 2.01. The second kappa shape index (κ2) is 4.16. The lowest BCUT2D eigenvalue weighted by molar-refractivity contribution is 0.101. The topological polar surface area (TPSA) is 34.9 Å². The summed E-state index contributed by atoms with van der Waals surface area (Å²) in [7, 11) is 0.893. The first-order valence-corrected chi connectivity index (χ1v) is 8.63. The van der Waals surface area contributed by atoms with Crippen LogP contribution in [0.3, 0.4) is 0 Å². The van der Waals surface area contributed by atoms with E-state index in [-0.39, 0.29) is 11.2 Å². The number of hydrogen-bond donors (Lipinski definition) is 0. The molecule has 0 aromatic carbocycles. The van der Waals surface area contributed by atoms with Crippen molar-refractivity contribution in [3.8, 4) is 0 Å². The molecule has 1 heterocycles. The first-order valence-electron chi connectivity index (χ1n) is 5.74. The van der Waals surface area contributed by atoms with Crippen molar-refractivity contribution in [2.24, 2.45) is 7.05 Å². The Morgan fingerprint density at radius 3 is 2.06 bits per heavy atom. The van der Waals surface area contributed by atoms with Crippen LogP contribution in [0.1, 0.15) is 44.0 Å². The van der Waals surface area contributed by atoms with Crippen LogP contribution in [-0.4, -0.2) is 24.1 Å². The SMILES string of the molecule is CC(=O)c1c([SiH](C)C)nc(C(C)(C)C)n1C. The van der Waals surface area contributed by atoms with E-state index in [1.165, 1.54) is 0 Å². The van der Waals surface area contributed by atoms with Crippen molar-refractivity contribution in [3.63, 3.8) is 0 Å². The van der Waals surface area contributed by atoms with Crippen LogP contribution in [-0.2, 0) is 12.5 Å². The molecule has 0 aliphatic rings. The molecule has 0 unspecified atom stereocenters. The molecule has 16 heavy (non-hydrogen) atoms. The highest BCUT2D eigenvalue weighted by atomic mass is 28.3. The summed E-state index contributed by atoms with van der Waals surface area (Å²) in [6, 6.07) is 0. The van der Waals surface area contributed by atoms with E-state index in [2.05, 4.69) is 33.9 Å². The van der Waals surface area contributed by atoms with Gasteiger partial charge in [-0.3, -0.25) is 4.79 Å². The second-order valence-corrected chi connectivity index (χ2v) is 8.55. The number of ketones is 1. The van der Waals surface area contributed by atoms with Crippen LogP contribution in [0.5, 0.6) is 0 Å². The number of aromatic nitrogens is 2. The van der Waals surface area contributed by atoms with Crippen LogP contribution in [0.25, 0.3) is 0 Å². The summed E-state index contributed by atoms with van der Waals surface area (Å²) < 4.78 is 1.98. The number of carbonyl (C=O) groups is 1. The third kappa shape index (κ3) is 2.26. The Kier molecular flexibility index (Phi) is 3.43. The molecule has 4 heteroatoms. The number of imidazole rings is 1. The molecular weight excluding hydrogens is 216 g/mol. The van der Waals surface area contributed by atoms with E-state index in [0.717, 1.165) is 16.8 Å². The Labute approximate surface area is 99.5 Å². The fourth-order valence-corrected chi connectivity index (χ4v) is 3.33. The third-order valence-corrected chi connectivity index (χ3v) is 4.17. The standard InChI is InChI=1S/C12H22N2OSi/c1-8(15)9-10(16(6)7)13-11(14(9)5)12(2,3)4/h16H,1-7H3. The van der Waals surface area contributed by atoms with Crippen molar-refractivity contribution in [2.75, 3.05) is 0 Å². The molecule has 0 aliphatic heterocycles. The van der Waals surface area contributed by atoms with Gasteiger partial charge in [0.05, 0.1) is 8.80 Å². The van der Waals surface area contributed by atoms with Gasteiger partial charge in [-0.2, -0.15) is 0 Å². The molecule has 3 nitrogen and oxygen atoms in total. The van der Waals surface area contributed by atoms with Crippen LogP contribution in [0.2, 0.25) is 13.1 Å². The fraction of sp³-hybridized carbons (Fsp3) is 0.667. The lowest BCUT2D eigenvalue weighted by Crippen LogP contribution is -2.30. The van der Waals surface area contributed by atoms with Gasteiger partial charge in [0, 0.05) is 24.7 Å². The summed E-state index contributed by atoms with van der Waals surface area (Å²) >= 11 is 0. The Morgan fingerprint density at radius 1 is 1.31 bits per heavy atom. The number of rotatable bonds is 2. The van der Waals surface area contributed by atoms with E-state index >= 15 is 0 Å². The Hall–Kier alpha value is -0.903. The number of hydrogen-bond acceptors (Lipinski definition) is 2. The average molecular weight is 238 g/mol. The minimum atomic E-state index is -1.06. The third-order valence-electron chi connectivity index (χ3n) is 2.67. The maximum Gasteiger partial charge on any atom is 0.177 e. The number of Topliss-reactive ketones (excluding diaryl/α,β-unsaturated/α-hetero) is 1. The first-order chi connectivity index (χ1) is 7.16. The van der Waals surface area contributed by atoms with Gasteiger partial charge in [0.1, 0.15) is 11.5 Å². The van der Waals surface area contributed by atoms with Gasteiger partial charge < -0.3 is 4.57 Å². The summed E-state index contributed by atoms with van der Waals surface area (Å²) in [4.78, 5) is 16.4. The quantitative estimate of drug-likeness (QED) is 0.579. The molecule has 1 rings (SSSR count). The van der Waals surface area contributed by atoms with Crippen molar-refractivity contribution in [1.82, 2.24) is 9.55 Å². The first kappa shape index (κ1) is 13.2. The molecule has 0 atom stereocenters. The van der Waals surface area contributed by atoms with Crippen molar-refractivity contribution in [2.45, 2.75) is 46.2 Å². The van der Waals surface area contributed by atoms with Crippen molar-refractivity contribution in [1.29, 1.82) is 0 Å². The summed E-state index contributed by atoms with van der Waals surface area (Å²) in [5.74, 6) is 1.13. The molecule has 0 bridgehead atoms. The molecule has 0 saturated carbocycles. The van der Waals surface area contributed by atoms with Crippen LogP contribution in [0.15, 0.2) is 0 Å². The van der Waals surface area contributed by atoms with Crippen LogP contribution in [0.4, 0.5) is 0 Å². The van der Waals surface area contributed by atoms with Gasteiger partial charge in [0.25, 0.3) is 0 Å². The van der Waals surface area contributed by atoms with E-state index in [1.807, 2.05) is 11.6 Å². The van der Waals surface area contributed by atoms with Crippen molar-refractivity contribution < 1.29 is 4.79 Å². The van der Waals surface area contributed by atoms with E-state index in [9.17, 15) is 4.79 Å². The van der Waals surface area contributed by atoms with Crippen LogP contribution >= 0.6 is 0 Å². The largest absolute Gasteiger partial charge is 0.328 e. The molecule has 90 valence electrons. The number of carbonyl (C=O) groups excluding carboxylic acids is 1. The second-order valence-electron chi connectivity index (χ2n) is 5.69. The van der Waals surface area contributed by atoms with Crippen LogP contribution < -0.4 is 5.32 Å². The van der Waals surface area contributed by atoms with Gasteiger partial charge >= 0.3 is 0 Å². The van der Waals surface area contributed by atoms with E-state index in [0.29, 0.717) is 0 Å². The Morgan fingerprint density at radius 2 is 1.81 bits per heavy atom. The molecule has 1 aromatic rings. The molecule has 0 N–H and O–H groups in total. The van der Waals surface area contributed by atoms with E-state index < -0.39 is 8.80 Å².